The Kier molecular flexibility index (Phi) is 6.45. The van der Waals surface area contributed by atoms with Crippen molar-refractivity contribution in [2.75, 3.05) is 32.1 Å². The number of amides is 2. The molecule has 1 fully saturated rings. The predicted molar refractivity (Wildman–Crippen MR) is 88.0 cm³/mol. The van der Waals surface area contributed by atoms with Crippen molar-refractivity contribution in [3.63, 3.8) is 0 Å². The first-order valence-corrected chi connectivity index (χ1v) is 8.54. The molecule has 1 saturated heterocycles. The number of carbonyl (C=O) groups excluding carboxylic acids is 4. The molecular formula is C15H19N3O6S. The lowest BCUT2D eigenvalue weighted by Gasteiger charge is -2.30. The van der Waals surface area contributed by atoms with E-state index in [2.05, 4.69) is 10.3 Å². The van der Waals surface area contributed by atoms with E-state index in [-0.39, 0.29) is 34.5 Å². The van der Waals surface area contributed by atoms with Crippen LogP contribution in [0.25, 0.3) is 0 Å². The zero-order valence-electron chi connectivity index (χ0n) is 13.9. The molecule has 1 aromatic heterocycles. The van der Waals surface area contributed by atoms with Crippen molar-refractivity contribution < 1.29 is 28.7 Å². The highest BCUT2D eigenvalue weighted by Gasteiger charge is 2.28. The molecule has 1 N–H and O–H groups in total. The van der Waals surface area contributed by atoms with E-state index in [0.29, 0.717) is 25.9 Å². The lowest BCUT2D eigenvalue weighted by molar-refractivity contribution is -0.149. The fraction of sp³-hybridized carbons (Fsp3) is 0.533. The van der Waals surface area contributed by atoms with E-state index in [0.717, 1.165) is 11.3 Å². The van der Waals surface area contributed by atoms with Crippen molar-refractivity contribution in [1.82, 2.24) is 9.88 Å². The molecule has 0 radical (unpaired) electrons. The number of nitrogens with zero attached hydrogens (tertiary/aromatic N) is 2. The molecule has 9 nitrogen and oxygen atoms in total. The van der Waals surface area contributed by atoms with E-state index in [1.54, 1.807) is 4.90 Å². The van der Waals surface area contributed by atoms with Gasteiger partial charge in [0.05, 0.1) is 13.0 Å². The number of methoxy groups -OCH3 is 1. The van der Waals surface area contributed by atoms with Gasteiger partial charge in [-0.05, 0) is 12.8 Å². The molecule has 0 saturated carbocycles. The van der Waals surface area contributed by atoms with Crippen molar-refractivity contribution >= 4 is 40.2 Å². The van der Waals surface area contributed by atoms with Crippen LogP contribution in [0, 0.1) is 5.92 Å². The summed E-state index contributed by atoms with van der Waals surface area (Å²) in [6, 6.07) is 0. The van der Waals surface area contributed by atoms with E-state index in [1.807, 2.05) is 0 Å². The second kappa shape index (κ2) is 8.56. The third kappa shape index (κ3) is 5.24. The molecule has 1 aliphatic rings. The SMILES string of the molecule is COC(=O)C1CCN(C(=O)COC(=O)c2csc(NC(C)=O)n2)CC1. The molecule has 25 heavy (non-hydrogen) atoms. The first-order chi connectivity index (χ1) is 11.9. The molecule has 136 valence electrons. The number of rotatable bonds is 5. The summed E-state index contributed by atoms with van der Waals surface area (Å²) in [5, 5.41) is 4.19. The van der Waals surface area contributed by atoms with E-state index < -0.39 is 12.6 Å². The number of esters is 2. The molecule has 0 aliphatic carbocycles. The van der Waals surface area contributed by atoms with Gasteiger partial charge in [-0.25, -0.2) is 9.78 Å². The molecule has 1 aliphatic heterocycles. The van der Waals surface area contributed by atoms with Gasteiger partial charge in [0.15, 0.2) is 17.4 Å². The van der Waals surface area contributed by atoms with Crippen LogP contribution in [0.5, 0.6) is 0 Å². The lowest BCUT2D eigenvalue weighted by Crippen LogP contribution is -2.42. The topological polar surface area (TPSA) is 115 Å². The van der Waals surface area contributed by atoms with E-state index >= 15 is 0 Å². The molecule has 1 aromatic rings. The number of thiazole rings is 1. The zero-order valence-corrected chi connectivity index (χ0v) is 14.8. The number of piperidine rings is 1. The quantitative estimate of drug-likeness (QED) is 0.759. The summed E-state index contributed by atoms with van der Waals surface area (Å²) >= 11 is 1.09. The minimum absolute atomic E-state index is 0.0333. The number of hydrogen-bond donors (Lipinski definition) is 1. The summed E-state index contributed by atoms with van der Waals surface area (Å²) in [6.07, 6.45) is 1.05. The fourth-order valence-corrected chi connectivity index (χ4v) is 3.13. The summed E-state index contributed by atoms with van der Waals surface area (Å²) in [6.45, 7) is 1.77. The zero-order chi connectivity index (χ0) is 18.4. The van der Waals surface area contributed by atoms with Crippen molar-refractivity contribution in [1.29, 1.82) is 0 Å². The summed E-state index contributed by atoms with van der Waals surface area (Å²) in [5.41, 5.74) is 0.0333. The van der Waals surface area contributed by atoms with Gasteiger partial charge in [0.25, 0.3) is 5.91 Å². The third-order valence-electron chi connectivity index (χ3n) is 3.71. The molecule has 0 bridgehead atoms. The number of anilines is 1. The van der Waals surface area contributed by atoms with Crippen molar-refractivity contribution in [3.8, 4) is 0 Å². The van der Waals surface area contributed by atoms with Gasteiger partial charge in [-0.2, -0.15) is 0 Å². The maximum absolute atomic E-state index is 12.1. The number of aromatic nitrogens is 1. The summed E-state index contributed by atoms with van der Waals surface area (Å²) in [4.78, 5) is 51.8. The minimum Gasteiger partial charge on any atom is -0.469 e. The predicted octanol–water partition coefficient (Wildman–Crippen LogP) is 0.670. The number of likely N-dealkylation sites (tertiary alicyclic amines) is 1. The van der Waals surface area contributed by atoms with E-state index in [4.69, 9.17) is 9.47 Å². The van der Waals surface area contributed by atoms with Gasteiger partial charge in [-0.1, -0.05) is 0 Å². The fourth-order valence-electron chi connectivity index (χ4n) is 2.40. The summed E-state index contributed by atoms with van der Waals surface area (Å²) < 4.78 is 9.66. The van der Waals surface area contributed by atoms with Crippen LogP contribution in [-0.4, -0.2) is 60.4 Å². The van der Waals surface area contributed by atoms with Crippen LogP contribution in [0.15, 0.2) is 5.38 Å². The Morgan fingerprint density at radius 3 is 2.60 bits per heavy atom. The van der Waals surface area contributed by atoms with E-state index in [9.17, 15) is 19.2 Å². The largest absolute Gasteiger partial charge is 0.469 e. The second-order valence-electron chi connectivity index (χ2n) is 5.47. The number of nitrogens with one attached hydrogen (secondary N) is 1. The standard InChI is InChI=1S/C15H19N3O6S/c1-9(19)16-15-17-11(8-25-15)14(22)24-7-12(20)18-5-3-10(4-6-18)13(21)23-2/h8,10H,3-7H2,1-2H3,(H,16,17,19). The Morgan fingerprint density at radius 1 is 1.32 bits per heavy atom. The van der Waals surface area contributed by atoms with Crippen LogP contribution >= 0.6 is 11.3 Å². The monoisotopic (exact) mass is 369 g/mol. The highest BCUT2D eigenvalue weighted by molar-refractivity contribution is 7.14. The number of ether oxygens (including phenoxy) is 2. The molecule has 0 aromatic carbocycles. The Bertz CT molecular complexity index is 666. The number of carbonyl (C=O) groups is 4. The maximum Gasteiger partial charge on any atom is 0.358 e. The van der Waals surface area contributed by atoms with E-state index in [1.165, 1.54) is 19.4 Å². The molecule has 2 rings (SSSR count). The highest BCUT2D eigenvalue weighted by Crippen LogP contribution is 2.19. The van der Waals surface area contributed by atoms with Gasteiger partial charge in [0.2, 0.25) is 5.91 Å². The molecule has 2 amide bonds. The average molecular weight is 369 g/mol. The number of hydrogen-bond acceptors (Lipinski definition) is 8. The lowest BCUT2D eigenvalue weighted by atomic mass is 9.97. The van der Waals surface area contributed by atoms with Gasteiger partial charge >= 0.3 is 11.9 Å². The first-order valence-electron chi connectivity index (χ1n) is 7.66. The normalized spacial score (nSPS) is 14.7. The smallest absolute Gasteiger partial charge is 0.358 e. The van der Waals surface area contributed by atoms with Crippen LogP contribution in [0.3, 0.4) is 0 Å². The van der Waals surface area contributed by atoms with Crippen molar-refractivity contribution in [3.05, 3.63) is 11.1 Å². The molecule has 0 spiro atoms. The Balaban J connectivity index is 1.78. The molecule has 0 atom stereocenters. The molecule has 10 heteroatoms. The van der Waals surface area contributed by atoms with Gasteiger partial charge < -0.3 is 19.7 Å². The molecule has 2 heterocycles. The van der Waals surface area contributed by atoms with Crippen molar-refractivity contribution in [2.24, 2.45) is 5.92 Å². The van der Waals surface area contributed by atoms with Crippen LogP contribution in [0.4, 0.5) is 5.13 Å². The Labute approximate surface area is 148 Å². The third-order valence-corrected chi connectivity index (χ3v) is 4.46. The summed E-state index contributed by atoms with van der Waals surface area (Å²) in [7, 11) is 1.34. The van der Waals surface area contributed by atoms with Crippen LogP contribution < -0.4 is 5.32 Å². The van der Waals surface area contributed by atoms with Gasteiger partial charge in [-0.3, -0.25) is 14.4 Å². The van der Waals surface area contributed by atoms with Crippen LogP contribution in [0.1, 0.15) is 30.3 Å². The Hall–Kier alpha value is -2.49. The van der Waals surface area contributed by atoms with Gasteiger partial charge in [0.1, 0.15) is 0 Å². The van der Waals surface area contributed by atoms with Crippen molar-refractivity contribution in [2.45, 2.75) is 19.8 Å². The second-order valence-corrected chi connectivity index (χ2v) is 6.33. The summed E-state index contributed by atoms with van der Waals surface area (Å²) in [5.74, 6) is -1.81. The van der Waals surface area contributed by atoms with Crippen LogP contribution in [-0.2, 0) is 23.9 Å². The minimum atomic E-state index is -0.731. The van der Waals surface area contributed by atoms with Gasteiger partial charge in [-0.15, -0.1) is 11.3 Å². The average Bonchev–Trinajstić information content (AvgIpc) is 3.06. The van der Waals surface area contributed by atoms with Gasteiger partial charge in [0, 0.05) is 25.4 Å². The molecule has 0 unspecified atom stereocenters. The van der Waals surface area contributed by atoms with Crippen LogP contribution in [0.2, 0.25) is 0 Å². The Morgan fingerprint density at radius 2 is 2.00 bits per heavy atom. The highest BCUT2D eigenvalue weighted by atomic mass is 32.1. The maximum atomic E-state index is 12.1. The first kappa shape index (κ1) is 18.8. The molecular weight excluding hydrogens is 350 g/mol.